The van der Waals surface area contributed by atoms with Gasteiger partial charge in [0, 0.05) is 17.7 Å². The minimum Gasteiger partial charge on any atom is -0.466 e. The van der Waals surface area contributed by atoms with Gasteiger partial charge in [0.1, 0.15) is 5.15 Å². The van der Waals surface area contributed by atoms with Gasteiger partial charge in [0.15, 0.2) is 0 Å². The first-order valence-corrected chi connectivity index (χ1v) is 5.69. The van der Waals surface area contributed by atoms with E-state index in [0.29, 0.717) is 0 Å². The van der Waals surface area contributed by atoms with Crippen LogP contribution in [0.4, 0.5) is 8.78 Å². The molecule has 0 radical (unpaired) electrons. The number of aromatic nitrogens is 1. The third kappa shape index (κ3) is 3.61. The molecule has 0 aliphatic heterocycles. The maximum atomic E-state index is 12.8. The highest BCUT2D eigenvalue weighted by molar-refractivity contribution is 6.30. The Morgan fingerprint density at radius 2 is 2.28 bits per heavy atom. The lowest BCUT2D eigenvalue weighted by atomic mass is 10.1. The van der Waals surface area contributed by atoms with Gasteiger partial charge in [-0.1, -0.05) is 11.6 Å². The zero-order valence-corrected chi connectivity index (χ0v) is 10.5. The first-order chi connectivity index (χ1) is 8.49. The van der Waals surface area contributed by atoms with E-state index >= 15 is 0 Å². The summed E-state index contributed by atoms with van der Waals surface area (Å²) in [7, 11) is 0. The van der Waals surface area contributed by atoms with Gasteiger partial charge in [-0.2, -0.15) is 0 Å². The number of nitrogens with zero attached hydrogens (tertiary/aromatic N) is 1. The summed E-state index contributed by atoms with van der Waals surface area (Å²) in [5.41, 5.74) is 5.25. The summed E-state index contributed by atoms with van der Waals surface area (Å²) >= 11 is 5.81. The molecule has 0 spiro atoms. The number of nitrogens with two attached hydrogens (primary N) is 1. The van der Waals surface area contributed by atoms with Crippen LogP contribution < -0.4 is 5.73 Å². The van der Waals surface area contributed by atoms with Crippen molar-refractivity contribution < 1.29 is 18.3 Å². The number of hydrogen-bond donors (Lipinski definition) is 1. The average Bonchev–Trinajstić information content (AvgIpc) is 2.31. The Kier molecular flexibility index (Phi) is 5.43. The first kappa shape index (κ1) is 14.8. The highest BCUT2D eigenvalue weighted by Gasteiger charge is 2.18. The van der Waals surface area contributed by atoms with Crippen molar-refractivity contribution in [2.24, 2.45) is 5.73 Å². The average molecular weight is 279 g/mol. The van der Waals surface area contributed by atoms with Crippen molar-refractivity contribution in [3.63, 3.8) is 0 Å². The van der Waals surface area contributed by atoms with Crippen LogP contribution in [0.3, 0.4) is 0 Å². The van der Waals surface area contributed by atoms with E-state index in [9.17, 15) is 13.6 Å². The van der Waals surface area contributed by atoms with Gasteiger partial charge >= 0.3 is 5.97 Å². The monoisotopic (exact) mass is 278 g/mol. The lowest BCUT2D eigenvalue weighted by Gasteiger charge is -2.10. The summed E-state index contributed by atoms with van der Waals surface area (Å²) in [6, 6.07) is 1.15. The Hall–Kier alpha value is -1.27. The lowest BCUT2D eigenvalue weighted by Crippen LogP contribution is -2.11. The van der Waals surface area contributed by atoms with E-state index in [1.165, 1.54) is 0 Å². The van der Waals surface area contributed by atoms with E-state index in [1.807, 2.05) is 0 Å². The molecule has 0 aliphatic rings. The number of carbonyl (C=O) groups excluding carboxylic acids is 1. The molecule has 0 aliphatic carbocycles. The van der Waals surface area contributed by atoms with E-state index in [0.717, 1.165) is 6.07 Å². The topological polar surface area (TPSA) is 65.2 Å². The number of alkyl halides is 2. The third-order valence-corrected chi connectivity index (χ3v) is 2.56. The predicted octanol–water partition coefficient (Wildman–Crippen LogP) is 2.24. The zero-order valence-electron chi connectivity index (χ0n) is 9.75. The summed E-state index contributed by atoms with van der Waals surface area (Å²) in [5, 5.41) is -0.00657. The van der Waals surface area contributed by atoms with E-state index in [-0.39, 0.29) is 41.5 Å². The quantitative estimate of drug-likeness (QED) is 0.663. The smallest absolute Gasteiger partial charge is 0.310 e. The SMILES string of the molecule is CCOC(=O)Cc1cc(C(F)F)c(CN)nc1Cl. The fourth-order valence-corrected chi connectivity index (χ4v) is 1.65. The Labute approximate surface area is 108 Å². The minimum atomic E-state index is -2.71. The first-order valence-electron chi connectivity index (χ1n) is 5.31. The third-order valence-electron chi connectivity index (χ3n) is 2.23. The lowest BCUT2D eigenvalue weighted by molar-refractivity contribution is -0.142. The van der Waals surface area contributed by atoms with Gasteiger partial charge in [0.2, 0.25) is 0 Å². The van der Waals surface area contributed by atoms with Crippen LogP contribution in [0.1, 0.15) is 30.2 Å². The van der Waals surface area contributed by atoms with Gasteiger partial charge in [-0.3, -0.25) is 4.79 Å². The van der Waals surface area contributed by atoms with Gasteiger partial charge in [0.05, 0.1) is 18.7 Å². The highest BCUT2D eigenvalue weighted by Crippen LogP contribution is 2.26. The fourth-order valence-electron chi connectivity index (χ4n) is 1.43. The van der Waals surface area contributed by atoms with Crippen LogP contribution in [0, 0.1) is 0 Å². The number of pyridine rings is 1. The molecule has 1 heterocycles. The summed E-state index contributed by atoms with van der Waals surface area (Å²) in [6.07, 6.45) is -2.90. The van der Waals surface area contributed by atoms with Crippen LogP contribution in [-0.4, -0.2) is 17.6 Å². The molecule has 4 nitrogen and oxygen atoms in total. The van der Waals surface area contributed by atoms with Crippen molar-refractivity contribution in [1.82, 2.24) is 4.98 Å². The number of halogens is 3. The predicted molar refractivity (Wildman–Crippen MR) is 62.4 cm³/mol. The maximum absolute atomic E-state index is 12.8. The largest absolute Gasteiger partial charge is 0.466 e. The Morgan fingerprint density at radius 3 is 2.78 bits per heavy atom. The van der Waals surface area contributed by atoms with Gasteiger partial charge in [-0.05, 0) is 13.0 Å². The normalized spacial score (nSPS) is 10.8. The summed E-state index contributed by atoms with van der Waals surface area (Å²) in [5.74, 6) is -0.540. The number of esters is 1. The van der Waals surface area contributed by atoms with Gasteiger partial charge < -0.3 is 10.5 Å². The van der Waals surface area contributed by atoms with E-state index in [1.54, 1.807) is 6.92 Å². The number of carbonyl (C=O) groups is 1. The van der Waals surface area contributed by atoms with Crippen LogP contribution in [0.2, 0.25) is 5.15 Å². The molecule has 100 valence electrons. The van der Waals surface area contributed by atoms with Crippen molar-refractivity contribution in [2.75, 3.05) is 6.61 Å². The van der Waals surface area contributed by atoms with Crippen molar-refractivity contribution >= 4 is 17.6 Å². The Morgan fingerprint density at radius 1 is 1.61 bits per heavy atom. The molecule has 0 bridgehead atoms. The minimum absolute atomic E-state index is 0.00657. The molecule has 1 aromatic rings. The standard InChI is InChI=1S/C11H13ClF2N2O2/c1-2-18-9(17)4-6-3-7(11(13)14)8(5-15)16-10(6)12/h3,11H,2,4-5,15H2,1H3. The van der Waals surface area contributed by atoms with Crippen molar-refractivity contribution in [3.05, 3.63) is 28.0 Å². The molecule has 0 amide bonds. The zero-order chi connectivity index (χ0) is 13.7. The molecule has 0 unspecified atom stereocenters. The Bertz CT molecular complexity index is 441. The van der Waals surface area contributed by atoms with E-state index in [2.05, 4.69) is 4.98 Å². The molecule has 1 aromatic heterocycles. The van der Waals surface area contributed by atoms with Crippen molar-refractivity contribution in [2.45, 2.75) is 26.3 Å². The summed E-state index contributed by atoms with van der Waals surface area (Å²) in [6.45, 7) is 1.73. The molecular weight excluding hydrogens is 266 g/mol. The summed E-state index contributed by atoms with van der Waals surface area (Å²) < 4.78 is 30.2. The van der Waals surface area contributed by atoms with Crippen molar-refractivity contribution in [3.8, 4) is 0 Å². The van der Waals surface area contributed by atoms with Crippen LogP contribution in [-0.2, 0) is 22.5 Å². The van der Waals surface area contributed by atoms with Crippen LogP contribution in [0.25, 0.3) is 0 Å². The number of rotatable bonds is 5. The Balaban J connectivity index is 3.05. The molecule has 0 atom stereocenters. The molecule has 7 heteroatoms. The summed E-state index contributed by atoms with van der Waals surface area (Å²) in [4.78, 5) is 15.1. The van der Waals surface area contributed by atoms with Gasteiger partial charge in [0.25, 0.3) is 6.43 Å². The van der Waals surface area contributed by atoms with Gasteiger partial charge in [-0.15, -0.1) is 0 Å². The molecule has 1 rings (SSSR count). The van der Waals surface area contributed by atoms with Crippen LogP contribution in [0.15, 0.2) is 6.07 Å². The molecule has 0 saturated carbocycles. The number of hydrogen-bond acceptors (Lipinski definition) is 4. The fraction of sp³-hybridized carbons (Fsp3) is 0.455. The van der Waals surface area contributed by atoms with E-state index in [4.69, 9.17) is 22.1 Å². The van der Waals surface area contributed by atoms with Gasteiger partial charge in [-0.25, -0.2) is 13.8 Å². The second-order valence-corrected chi connectivity index (χ2v) is 3.82. The molecule has 0 saturated heterocycles. The molecular formula is C11H13ClF2N2O2. The van der Waals surface area contributed by atoms with Crippen LogP contribution >= 0.6 is 11.6 Å². The number of ether oxygens (including phenoxy) is 1. The van der Waals surface area contributed by atoms with E-state index < -0.39 is 12.4 Å². The van der Waals surface area contributed by atoms with Crippen LogP contribution in [0.5, 0.6) is 0 Å². The van der Waals surface area contributed by atoms with Crippen molar-refractivity contribution in [1.29, 1.82) is 0 Å². The molecule has 0 fully saturated rings. The second-order valence-electron chi connectivity index (χ2n) is 3.46. The maximum Gasteiger partial charge on any atom is 0.310 e. The second kappa shape index (κ2) is 6.61. The molecule has 2 N–H and O–H groups in total. The highest BCUT2D eigenvalue weighted by atomic mass is 35.5. The molecule has 18 heavy (non-hydrogen) atoms. The molecule has 0 aromatic carbocycles.